The van der Waals surface area contributed by atoms with Crippen LogP contribution in [0.15, 0.2) is 65.3 Å². The maximum absolute atomic E-state index is 12.4. The number of fused-ring (bicyclic) bond motifs is 1. The summed E-state index contributed by atoms with van der Waals surface area (Å²) < 4.78 is 0. The molecule has 0 aliphatic heterocycles. The summed E-state index contributed by atoms with van der Waals surface area (Å²) in [6.45, 7) is 5.89. The summed E-state index contributed by atoms with van der Waals surface area (Å²) in [7, 11) is 0. The van der Waals surface area contributed by atoms with Crippen molar-refractivity contribution < 1.29 is 4.79 Å². The number of hydrogen-bond acceptors (Lipinski definition) is 4. The van der Waals surface area contributed by atoms with Gasteiger partial charge in [-0.15, -0.1) is 0 Å². The van der Waals surface area contributed by atoms with Crippen molar-refractivity contribution in [2.45, 2.75) is 13.8 Å². The topological polar surface area (TPSA) is 58.7 Å². The minimum Gasteiger partial charge on any atom is -0.398 e. The average Bonchev–Trinajstić information content (AvgIpc) is 2.60. The quantitative estimate of drug-likeness (QED) is 0.687. The number of hydrogen-bond donors (Lipinski definition) is 1. The number of nitrogens with two attached hydrogens (primary N) is 1. The van der Waals surface area contributed by atoms with Crippen molar-refractivity contribution in [3.05, 3.63) is 60.3 Å². The van der Waals surface area contributed by atoms with Gasteiger partial charge in [0.25, 0.3) is 0 Å². The number of carbonyl (C=O) groups is 1. The van der Waals surface area contributed by atoms with E-state index in [4.69, 9.17) is 5.73 Å². The highest BCUT2D eigenvalue weighted by atomic mass is 16.1. The first-order chi connectivity index (χ1) is 11.6. The highest BCUT2D eigenvalue weighted by Crippen LogP contribution is 2.30. The van der Waals surface area contributed by atoms with Gasteiger partial charge in [-0.2, -0.15) is 0 Å². The smallest absolute Gasteiger partial charge is 0.206 e. The van der Waals surface area contributed by atoms with Gasteiger partial charge in [-0.1, -0.05) is 24.3 Å². The highest BCUT2D eigenvalue weighted by molar-refractivity contribution is 6.49. The highest BCUT2D eigenvalue weighted by Gasteiger charge is 2.15. The van der Waals surface area contributed by atoms with E-state index < -0.39 is 0 Å². The van der Waals surface area contributed by atoms with Crippen LogP contribution in [0, 0.1) is 0 Å². The van der Waals surface area contributed by atoms with Crippen LogP contribution in [-0.4, -0.2) is 29.5 Å². The summed E-state index contributed by atoms with van der Waals surface area (Å²) in [5.41, 5.74) is 8.87. The monoisotopic (exact) mass is 319 g/mol. The van der Waals surface area contributed by atoms with E-state index in [1.54, 1.807) is 12.2 Å². The number of nitrogens with zero attached hydrogens (tertiary/aromatic N) is 2. The zero-order valence-electron chi connectivity index (χ0n) is 14.0. The molecule has 0 bridgehead atoms. The zero-order chi connectivity index (χ0) is 17.1. The third-order valence-electron chi connectivity index (χ3n) is 4.25. The minimum absolute atomic E-state index is 0.0692. The number of allylic oxidation sites excluding steroid dienone is 3. The van der Waals surface area contributed by atoms with E-state index in [9.17, 15) is 4.79 Å². The van der Waals surface area contributed by atoms with Crippen LogP contribution in [0.25, 0.3) is 10.8 Å². The molecule has 1 aliphatic carbocycles. The Morgan fingerprint density at radius 1 is 1.00 bits per heavy atom. The van der Waals surface area contributed by atoms with E-state index in [1.165, 1.54) is 0 Å². The lowest BCUT2D eigenvalue weighted by Gasteiger charge is -2.23. The molecule has 0 saturated heterocycles. The van der Waals surface area contributed by atoms with Gasteiger partial charge in [0, 0.05) is 41.3 Å². The predicted octanol–water partition coefficient (Wildman–Crippen LogP) is 3.86. The molecule has 0 unspecified atom stereocenters. The molecule has 0 aromatic heterocycles. The number of aliphatic imine (C=N–C) groups is 1. The Kier molecular flexibility index (Phi) is 4.47. The fraction of sp³-hybridized carbons (Fsp3) is 0.200. The molecule has 4 heteroatoms. The Balaban J connectivity index is 1.99. The van der Waals surface area contributed by atoms with E-state index in [0.717, 1.165) is 35.2 Å². The van der Waals surface area contributed by atoms with Crippen molar-refractivity contribution in [3.63, 3.8) is 0 Å². The summed E-state index contributed by atoms with van der Waals surface area (Å²) in [5, 5.41) is 1.90. The number of anilines is 1. The standard InChI is InChI=1S/C20H21N3O/c1-3-23(4-2)14-9-11-19(20(24)13-14)22-18-12-10-17(21)15-7-5-6-8-16(15)18/h5-13H,3-4,21H2,1-2H3/b22-19-. The SMILES string of the molecule is CCN(CC)C1=CC(=O)/C(=N\c2ccc(N)c3ccccc23)C=C1. The van der Waals surface area contributed by atoms with E-state index in [1.807, 2.05) is 42.5 Å². The van der Waals surface area contributed by atoms with E-state index in [0.29, 0.717) is 11.4 Å². The number of ketones is 1. The van der Waals surface area contributed by atoms with Crippen molar-refractivity contribution in [1.29, 1.82) is 0 Å². The summed E-state index contributed by atoms with van der Waals surface area (Å²) in [6, 6.07) is 11.5. The minimum atomic E-state index is -0.0692. The normalized spacial score (nSPS) is 15.8. The van der Waals surface area contributed by atoms with Crippen molar-refractivity contribution in [2.75, 3.05) is 18.8 Å². The van der Waals surface area contributed by atoms with Gasteiger partial charge in [-0.05, 0) is 38.1 Å². The third-order valence-corrected chi connectivity index (χ3v) is 4.25. The zero-order valence-corrected chi connectivity index (χ0v) is 14.0. The fourth-order valence-corrected chi connectivity index (χ4v) is 2.91. The van der Waals surface area contributed by atoms with Gasteiger partial charge in [0.1, 0.15) is 5.71 Å². The summed E-state index contributed by atoms with van der Waals surface area (Å²) in [6.07, 6.45) is 5.40. The van der Waals surface area contributed by atoms with E-state index in [-0.39, 0.29) is 5.78 Å². The van der Waals surface area contributed by atoms with Crippen molar-refractivity contribution >= 4 is 33.6 Å². The molecule has 0 radical (unpaired) electrons. The molecule has 122 valence electrons. The molecular weight excluding hydrogens is 298 g/mol. The molecule has 0 heterocycles. The fourth-order valence-electron chi connectivity index (χ4n) is 2.91. The summed E-state index contributed by atoms with van der Waals surface area (Å²) in [5.74, 6) is -0.0692. The average molecular weight is 319 g/mol. The van der Waals surface area contributed by atoms with Crippen molar-refractivity contribution in [3.8, 4) is 0 Å². The molecule has 2 N–H and O–H groups in total. The van der Waals surface area contributed by atoms with Crippen LogP contribution >= 0.6 is 0 Å². The summed E-state index contributed by atoms with van der Waals surface area (Å²) >= 11 is 0. The van der Waals surface area contributed by atoms with Gasteiger partial charge in [0.15, 0.2) is 0 Å². The molecule has 0 spiro atoms. The van der Waals surface area contributed by atoms with Gasteiger partial charge in [0.05, 0.1) is 5.69 Å². The Labute approximate surface area is 142 Å². The molecule has 24 heavy (non-hydrogen) atoms. The molecule has 3 rings (SSSR count). The second-order valence-corrected chi connectivity index (χ2v) is 5.66. The maximum Gasteiger partial charge on any atom is 0.206 e. The molecule has 0 atom stereocenters. The van der Waals surface area contributed by atoms with Gasteiger partial charge in [0.2, 0.25) is 5.78 Å². The predicted molar refractivity (Wildman–Crippen MR) is 101 cm³/mol. The second kappa shape index (κ2) is 6.71. The lowest BCUT2D eigenvalue weighted by molar-refractivity contribution is -0.108. The first kappa shape index (κ1) is 16.0. The molecule has 0 fully saturated rings. The number of benzene rings is 2. The number of rotatable bonds is 4. The maximum atomic E-state index is 12.4. The Hall–Kier alpha value is -2.88. The first-order valence-corrected chi connectivity index (χ1v) is 8.19. The van der Waals surface area contributed by atoms with Crippen LogP contribution in [0.5, 0.6) is 0 Å². The molecule has 0 amide bonds. The largest absolute Gasteiger partial charge is 0.398 e. The van der Waals surface area contributed by atoms with Crippen LogP contribution in [0.3, 0.4) is 0 Å². The van der Waals surface area contributed by atoms with Crippen LogP contribution in [-0.2, 0) is 4.79 Å². The first-order valence-electron chi connectivity index (χ1n) is 8.19. The van der Waals surface area contributed by atoms with Crippen LogP contribution < -0.4 is 5.73 Å². The molecular formula is C20H21N3O. The van der Waals surface area contributed by atoms with Crippen molar-refractivity contribution in [2.24, 2.45) is 4.99 Å². The van der Waals surface area contributed by atoms with Gasteiger partial charge < -0.3 is 10.6 Å². The molecule has 0 saturated carbocycles. The second-order valence-electron chi connectivity index (χ2n) is 5.66. The van der Waals surface area contributed by atoms with Crippen LogP contribution in [0.2, 0.25) is 0 Å². The summed E-state index contributed by atoms with van der Waals surface area (Å²) in [4.78, 5) is 19.2. The third kappa shape index (κ3) is 2.95. The van der Waals surface area contributed by atoms with Gasteiger partial charge in [-0.3, -0.25) is 4.79 Å². The number of likely N-dealkylation sites (N-methyl/N-ethyl adjacent to an activating group) is 1. The van der Waals surface area contributed by atoms with Crippen LogP contribution in [0.1, 0.15) is 13.8 Å². The lowest BCUT2D eigenvalue weighted by atomic mass is 10.1. The molecule has 4 nitrogen and oxygen atoms in total. The number of carbonyl (C=O) groups excluding carboxylic acids is 1. The molecule has 1 aliphatic rings. The number of nitrogen functional groups attached to an aromatic ring is 1. The lowest BCUT2D eigenvalue weighted by Crippen LogP contribution is -2.25. The molecule has 2 aromatic carbocycles. The Morgan fingerprint density at radius 2 is 1.71 bits per heavy atom. The van der Waals surface area contributed by atoms with Crippen molar-refractivity contribution in [1.82, 2.24) is 4.90 Å². The van der Waals surface area contributed by atoms with Gasteiger partial charge >= 0.3 is 0 Å². The van der Waals surface area contributed by atoms with Gasteiger partial charge in [-0.25, -0.2) is 4.99 Å². The molecule has 2 aromatic rings. The van der Waals surface area contributed by atoms with E-state index >= 15 is 0 Å². The Bertz CT molecular complexity index is 874. The Morgan fingerprint density at radius 3 is 2.38 bits per heavy atom. The van der Waals surface area contributed by atoms with E-state index in [2.05, 4.69) is 23.7 Å². The van der Waals surface area contributed by atoms with Crippen LogP contribution in [0.4, 0.5) is 11.4 Å².